The first kappa shape index (κ1) is 27.3. The van der Waals surface area contributed by atoms with Crippen LogP contribution in [0.4, 0.5) is 0 Å². The van der Waals surface area contributed by atoms with Gasteiger partial charge in [-0.2, -0.15) is 5.10 Å². The molecule has 1 unspecified atom stereocenters. The van der Waals surface area contributed by atoms with Gasteiger partial charge in [0.1, 0.15) is 18.2 Å². The largest absolute Gasteiger partial charge is 0.383 e. The van der Waals surface area contributed by atoms with E-state index in [9.17, 15) is 9.59 Å². The Morgan fingerprint density at radius 3 is 2.84 bits per heavy atom. The van der Waals surface area contributed by atoms with E-state index < -0.39 is 0 Å². The number of ether oxygens (including phenoxy) is 1. The third kappa shape index (κ3) is 6.06. The lowest BCUT2D eigenvalue weighted by molar-refractivity contribution is -0.111. The van der Waals surface area contributed by atoms with Crippen molar-refractivity contribution in [1.29, 1.82) is 0 Å². The molecule has 1 atom stereocenters. The Morgan fingerprint density at radius 2 is 2.14 bits per heavy atom. The fraction of sp³-hybridized carbons (Fsp3) is 0.462. The maximum absolute atomic E-state index is 13.0. The van der Waals surface area contributed by atoms with Crippen LogP contribution in [0.25, 0.3) is 11.4 Å². The Morgan fingerprint density at radius 1 is 1.32 bits per heavy atom. The lowest BCUT2D eigenvalue weighted by Gasteiger charge is -2.27. The van der Waals surface area contributed by atoms with E-state index in [1.165, 1.54) is 0 Å². The molecule has 1 aromatic carbocycles. The van der Waals surface area contributed by atoms with Crippen molar-refractivity contribution in [2.45, 2.75) is 32.9 Å². The standard InChI is InChI=1S/C20H16Cl2N4O3.C6H15NO/c21-15-2-1-12(6-16(15)22)20(28)25-4-3-17-14(8-25)19-18-13(10-29-24-18)5-11(9-27)7-26(19)23-17;1-4-7(2)5-6-8-3/h1-2,6,9-11H,3-5,7-8H2;4-6H2,1-3H3. The average molecular weight is 548 g/mol. The monoisotopic (exact) mass is 547 g/mol. The number of nitrogens with zero attached hydrogens (tertiary/aromatic N) is 5. The second-order valence-corrected chi connectivity index (χ2v) is 10.1. The van der Waals surface area contributed by atoms with Gasteiger partial charge in [-0.3, -0.25) is 9.48 Å². The van der Waals surface area contributed by atoms with E-state index in [2.05, 4.69) is 24.0 Å². The van der Waals surface area contributed by atoms with Crippen LogP contribution in [0.1, 0.15) is 34.1 Å². The summed E-state index contributed by atoms with van der Waals surface area (Å²) in [5, 5.41) is 9.65. The normalized spacial score (nSPS) is 16.3. The summed E-state index contributed by atoms with van der Waals surface area (Å²) < 4.78 is 11.9. The first-order valence-electron chi connectivity index (χ1n) is 12.3. The minimum Gasteiger partial charge on any atom is -0.383 e. The molecule has 0 fully saturated rings. The molecule has 9 nitrogen and oxygen atoms in total. The number of aromatic nitrogens is 3. The van der Waals surface area contributed by atoms with E-state index in [4.69, 9.17) is 37.6 Å². The zero-order chi connectivity index (χ0) is 26.5. The van der Waals surface area contributed by atoms with Gasteiger partial charge in [-0.1, -0.05) is 35.3 Å². The Hall–Kier alpha value is -2.72. The summed E-state index contributed by atoms with van der Waals surface area (Å²) in [6.45, 7) is 6.55. The van der Waals surface area contributed by atoms with Gasteiger partial charge in [-0.05, 0) is 38.2 Å². The number of hydrogen-bond donors (Lipinski definition) is 0. The maximum atomic E-state index is 13.0. The second-order valence-electron chi connectivity index (χ2n) is 9.24. The zero-order valence-corrected chi connectivity index (χ0v) is 22.8. The lowest BCUT2D eigenvalue weighted by atomic mass is 9.99. The van der Waals surface area contributed by atoms with E-state index in [1.807, 2.05) is 4.68 Å². The number of carbonyl (C=O) groups is 2. The first-order chi connectivity index (χ1) is 17.9. The number of rotatable bonds is 6. The zero-order valence-electron chi connectivity index (χ0n) is 21.2. The maximum Gasteiger partial charge on any atom is 0.254 e. The van der Waals surface area contributed by atoms with Crippen molar-refractivity contribution in [3.05, 3.63) is 56.9 Å². The van der Waals surface area contributed by atoms with Crippen LogP contribution in [-0.4, -0.2) is 77.3 Å². The summed E-state index contributed by atoms with van der Waals surface area (Å²) in [5.41, 5.74) is 4.79. The van der Waals surface area contributed by atoms with Crippen molar-refractivity contribution < 1.29 is 18.8 Å². The molecule has 0 saturated carbocycles. The molecule has 2 aromatic heterocycles. The first-order valence-corrected chi connectivity index (χ1v) is 13.0. The van der Waals surface area contributed by atoms with Gasteiger partial charge in [0.2, 0.25) is 0 Å². The Kier molecular flexibility index (Phi) is 9.02. The number of amides is 1. The summed E-state index contributed by atoms with van der Waals surface area (Å²) in [7, 11) is 3.81. The highest BCUT2D eigenvalue weighted by atomic mass is 35.5. The third-order valence-electron chi connectivity index (χ3n) is 6.72. The molecule has 0 saturated heterocycles. The smallest absolute Gasteiger partial charge is 0.254 e. The van der Waals surface area contributed by atoms with E-state index in [0.29, 0.717) is 53.8 Å². The Balaban J connectivity index is 0.000000349. The molecule has 2 aliphatic rings. The molecule has 1 amide bonds. The van der Waals surface area contributed by atoms with Gasteiger partial charge in [0, 0.05) is 49.2 Å². The molecule has 0 spiro atoms. The van der Waals surface area contributed by atoms with Gasteiger partial charge in [0.15, 0.2) is 0 Å². The number of methoxy groups -OCH3 is 1. The fourth-order valence-electron chi connectivity index (χ4n) is 4.47. The average Bonchev–Trinajstić information content (AvgIpc) is 3.47. The molecular weight excluding hydrogens is 517 g/mol. The van der Waals surface area contributed by atoms with Crippen LogP contribution in [0, 0.1) is 5.92 Å². The minimum absolute atomic E-state index is 0.117. The van der Waals surface area contributed by atoms with Crippen LogP contribution >= 0.6 is 23.2 Å². The van der Waals surface area contributed by atoms with Crippen LogP contribution in [0.2, 0.25) is 10.0 Å². The van der Waals surface area contributed by atoms with Gasteiger partial charge >= 0.3 is 0 Å². The highest BCUT2D eigenvalue weighted by Crippen LogP contribution is 2.36. The van der Waals surface area contributed by atoms with Gasteiger partial charge in [0.25, 0.3) is 5.91 Å². The molecular formula is C26H31Cl2N5O4. The predicted octanol–water partition coefficient (Wildman–Crippen LogP) is 4.00. The molecule has 0 aliphatic carbocycles. The minimum atomic E-state index is -0.190. The summed E-state index contributed by atoms with van der Waals surface area (Å²) >= 11 is 12.1. The van der Waals surface area contributed by atoms with E-state index in [1.54, 1.807) is 36.5 Å². The number of likely N-dealkylation sites (N-methyl/N-ethyl adjacent to an activating group) is 1. The van der Waals surface area contributed by atoms with Gasteiger partial charge in [-0.25, -0.2) is 0 Å². The fourth-order valence-corrected chi connectivity index (χ4v) is 4.77. The number of fused-ring (bicyclic) bond motifs is 5. The molecule has 11 heteroatoms. The third-order valence-corrected chi connectivity index (χ3v) is 7.46. The Bertz CT molecular complexity index is 1260. The van der Waals surface area contributed by atoms with Gasteiger partial charge in [0.05, 0.1) is 41.1 Å². The number of aldehydes is 1. The van der Waals surface area contributed by atoms with Crippen LogP contribution in [0.15, 0.2) is 29.0 Å². The SMILES string of the molecule is CCN(C)CCOC.O=CC1Cc2conc2-c2c3c(nn2C1)CCN(C(=O)c1ccc(Cl)c(Cl)c1)C3. The van der Waals surface area contributed by atoms with Crippen LogP contribution in [0.3, 0.4) is 0 Å². The molecule has 198 valence electrons. The van der Waals surface area contributed by atoms with Crippen LogP contribution in [-0.2, 0) is 35.5 Å². The molecule has 0 radical (unpaired) electrons. The van der Waals surface area contributed by atoms with Crippen molar-refractivity contribution in [1.82, 2.24) is 24.7 Å². The number of carbonyl (C=O) groups excluding carboxylic acids is 2. The number of hydrogen-bond acceptors (Lipinski definition) is 7. The molecule has 3 aromatic rings. The highest BCUT2D eigenvalue weighted by Gasteiger charge is 2.33. The number of benzene rings is 1. The topological polar surface area (TPSA) is 93.7 Å². The summed E-state index contributed by atoms with van der Waals surface area (Å²) in [5.74, 6) is -0.307. The molecule has 37 heavy (non-hydrogen) atoms. The molecule has 0 N–H and O–H groups in total. The quantitative estimate of drug-likeness (QED) is 0.430. The summed E-state index contributed by atoms with van der Waals surface area (Å²) in [6.07, 6.45) is 3.72. The molecule has 5 rings (SSSR count). The summed E-state index contributed by atoms with van der Waals surface area (Å²) in [6, 6.07) is 4.89. The van der Waals surface area contributed by atoms with Crippen LogP contribution in [0.5, 0.6) is 0 Å². The van der Waals surface area contributed by atoms with E-state index in [0.717, 1.165) is 48.5 Å². The number of halogens is 2. The lowest BCUT2D eigenvalue weighted by Crippen LogP contribution is -2.36. The van der Waals surface area contributed by atoms with Crippen molar-refractivity contribution in [3.8, 4) is 11.4 Å². The van der Waals surface area contributed by atoms with E-state index in [-0.39, 0.29) is 11.8 Å². The van der Waals surface area contributed by atoms with Crippen molar-refractivity contribution in [2.75, 3.05) is 40.4 Å². The van der Waals surface area contributed by atoms with Crippen molar-refractivity contribution >= 4 is 35.4 Å². The van der Waals surface area contributed by atoms with Gasteiger partial charge < -0.3 is 23.9 Å². The van der Waals surface area contributed by atoms with Crippen molar-refractivity contribution in [2.24, 2.45) is 5.92 Å². The van der Waals surface area contributed by atoms with E-state index >= 15 is 0 Å². The van der Waals surface area contributed by atoms with Crippen LogP contribution < -0.4 is 0 Å². The molecule has 2 aliphatic heterocycles. The molecule has 4 heterocycles. The van der Waals surface area contributed by atoms with Crippen molar-refractivity contribution in [3.63, 3.8) is 0 Å². The molecule has 0 bridgehead atoms. The second kappa shape index (κ2) is 12.2. The highest BCUT2D eigenvalue weighted by molar-refractivity contribution is 6.42. The summed E-state index contributed by atoms with van der Waals surface area (Å²) in [4.78, 5) is 28.5. The predicted molar refractivity (Wildman–Crippen MR) is 141 cm³/mol. The van der Waals surface area contributed by atoms with Gasteiger partial charge in [-0.15, -0.1) is 0 Å². The Labute approximate surface area is 226 Å².